The molecule has 1 aliphatic heterocycles. The number of anilines is 2. The molecule has 0 spiro atoms. The van der Waals surface area contributed by atoms with Gasteiger partial charge in [-0.3, -0.25) is 4.79 Å². The number of benzene rings is 2. The number of carbonyl (C=O) groups excluding carboxylic acids is 2. The lowest BCUT2D eigenvalue weighted by molar-refractivity contribution is -0.122. The van der Waals surface area contributed by atoms with E-state index >= 15 is 0 Å². The van der Waals surface area contributed by atoms with E-state index in [-0.39, 0.29) is 5.91 Å². The minimum Gasteiger partial charge on any atom is -0.480 e. The lowest BCUT2D eigenvalue weighted by Crippen LogP contribution is -2.31. The average Bonchev–Trinajstić information content (AvgIpc) is 2.93. The Bertz CT molecular complexity index is 688. The highest BCUT2D eigenvalue weighted by atomic mass is 16.5. The minimum absolute atomic E-state index is 0.202. The number of hydrogen-bond acceptors (Lipinski definition) is 3. The van der Waals surface area contributed by atoms with Crippen molar-refractivity contribution in [2.75, 3.05) is 10.6 Å². The molecule has 4 N–H and O–H groups in total. The number of ether oxygens (including phenoxy) is 1. The fourth-order valence-corrected chi connectivity index (χ4v) is 2.33. The van der Waals surface area contributed by atoms with Crippen LogP contribution in [0.3, 0.4) is 0 Å². The van der Waals surface area contributed by atoms with Crippen molar-refractivity contribution in [1.29, 1.82) is 0 Å². The summed E-state index contributed by atoms with van der Waals surface area (Å²) in [6.45, 7) is 0. The predicted molar refractivity (Wildman–Crippen MR) is 82.8 cm³/mol. The second-order valence-electron chi connectivity index (χ2n) is 4.97. The molecule has 6 nitrogen and oxygen atoms in total. The molecule has 0 aromatic heterocycles. The number of urea groups is 1. The Hall–Kier alpha value is -3.02. The first-order chi connectivity index (χ1) is 10.6. The van der Waals surface area contributed by atoms with Crippen LogP contribution in [0.2, 0.25) is 0 Å². The van der Waals surface area contributed by atoms with E-state index in [9.17, 15) is 9.59 Å². The number of primary amides is 1. The lowest BCUT2D eigenvalue weighted by Gasteiger charge is -2.11. The third-order valence-electron chi connectivity index (χ3n) is 3.36. The maximum Gasteiger partial charge on any atom is 0.316 e. The maximum absolute atomic E-state index is 12.2. The first-order valence-electron chi connectivity index (χ1n) is 6.84. The highest BCUT2D eigenvalue weighted by Gasteiger charge is 2.28. The molecular formula is C16H15N3O3. The van der Waals surface area contributed by atoms with Crippen molar-refractivity contribution in [1.82, 2.24) is 0 Å². The molecule has 1 heterocycles. The molecule has 22 heavy (non-hydrogen) atoms. The Balaban J connectivity index is 1.62. The van der Waals surface area contributed by atoms with E-state index in [4.69, 9.17) is 10.5 Å². The van der Waals surface area contributed by atoms with Crippen LogP contribution in [-0.2, 0) is 11.2 Å². The van der Waals surface area contributed by atoms with Gasteiger partial charge in [0.15, 0.2) is 6.10 Å². The Labute approximate surface area is 127 Å². The van der Waals surface area contributed by atoms with Gasteiger partial charge in [-0.25, -0.2) is 4.79 Å². The number of fused-ring (bicyclic) bond motifs is 1. The van der Waals surface area contributed by atoms with E-state index in [0.717, 1.165) is 11.3 Å². The molecule has 0 aliphatic carbocycles. The second-order valence-corrected chi connectivity index (χ2v) is 4.97. The van der Waals surface area contributed by atoms with E-state index in [1.54, 1.807) is 24.3 Å². The number of para-hydroxylation sites is 1. The fraction of sp³-hybridized carbons (Fsp3) is 0.125. The second kappa shape index (κ2) is 5.77. The van der Waals surface area contributed by atoms with Gasteiger partial charge in [-0.05, 0) is 35.9 Å². The van der Waals surface area contributed by atoms with Gasteiger partial charge in [0.25, 0.3) is 5.91 Å². The van der Waals surface area contributed by atoms with Crippen molar-refractivity contribution in [2.45, 2.75) is 12.5 Å². The number of nitrogens with one attached hydrogen (secondary N) is 2. The van der Waals surface area contributed by atoms with Gasteiger partial charge < -0.3 is 21.1 Å². The van der Waals surface area contributed by atoms with Crippen LogP contribution in [0.15, 0.2) is 48.5 Å². The van der Waals surface area contributed by atoms with Gasteiger partial charge in [-0.2, -0.15) is 0 Å². The lowest BCUT2D eigenvalue weighted by atomic mass is 10.1. The van der Waals surface area contributed by atoms with Gasteiger partial charge in [0, 0.05) is 17.8 Å². The quantitative estimate of drug-likeness (QED) is 0.810. The molecule has 3 amide bonds. The van der Waals surface area contributed by atoms with Gasteiger partial charge in [-0.1, -0.05) is 18.2 Å². The Morgan fingerprint density at radius 3 is 2.27 bits per heavy atom. The summed E-state index contributed by atoms with van der Waals surface area (Å²) in [4.78, 5) is 23.0. The van der Waals surface area contributed by atoms with Crippen molar-refractivity contribution in [2.24, 2.45) is 5.73 Å². The van der Waals surface area contributed by atoms with Gasteiger partial charge in [0.05, 0.1) is 0 Å². The summed E-state index contributed by atoms with van der Waals surface area (Å²) >= 11 is 0. The van der Waals surface area contributed by atoms with Crippen LogP contribution < -0.4 is 21.1 Å². The van der Waals surface area contributed by atoms with Gasteiger partial charge in [0.2, 0.25) is 0 Å². The molecule has 112 valence electrons. The zero-order chi connectivity index (χ0) is 15.5. The molecule has 0 bridgehead atoms. The number of rotatable bonds is 3. The number of hydrogen-bond donors (Lipinski definition) is 3. The zero-order valence-electron chi connectivity index (χ0n) is 11.7. The first-order valence-corrected chi connectivity index (χ1v) is 6.84. The highest BCUT2D eigenvalue weighted by Crippen LogP contribution is 2.28. The standard InChI is InChI=1S/C16H15N3O3/c17-16(21)19-12-7-5-11(6-8-12)18-15(20)14-9-10-3-1-2-4-13(10)22-14/h1-8,14H,9H2,(H,18,20)(H3,17,19,21). The van der Waals surface area contributed by atoms with E-state index in [2.05, 4.69) is 10.6 Å². The van der Waals surface area contributed by atoms with Crippen LogP contribution in [0.4, 0.5) is 16.2 Å². The highest BCUT2D eigenvalue weighted by molar-refractivity contribution is 5.95. The molecule has 1 atom stereocenters. The first kappa shape index (κ1) is 13.9. The molecule has 1 unspecified atom stereocenters. The van der Waals surface area contributed by atoms with E-state index in [1.807, 2.05) is 24.3 Å². The van der Waals surface area contributed by atoms with E-state index in [0.29, 0.717) is 17.8 Å². The average molecular weight is 297 g/mol. The number of carbonyl (C=O) groups is 2. The topological polar surface area (TPSA) is 93.5 Å². The molecule has 2 aromatic carbocycles. The molecular weight excluding hydrogens is 282 g/mol. The summed E-state index contributed by atoms with van der Waals surface area (Å²) in [5.41, 5.74) is 7.25. The minimum atomic E-state index is -0.631. The Morgan fingerprint density at radius 1 is 1.00 bits per heavy atom. The largest absolute Gasteiger partial charge is 0.480 e. The van der Waals surface area contributed by atoms with E-state index in [1.165, 1.54) is 0 Å². The van der Waals surface area contributed by atoms with Crippen LogP contribution in [0.5, 0.6) is 5.75 Å². The van der Waals surface area contributed by atoms with Gasteiger partial charge in [0.1, 0.15) is 5.75 Å². The summed E-state index contributed by atoms with van der Waals surface area (Å²) in [5, 5.41) is 5.25. The van der Waals surface area contributed by atoms with Crippen LogP contribution in [-0.4, -0.2) is 18.0 Å². The zero-order valence-corrected chi connectivity index (χ0v) is 11.7. The van der Waals surface area contributed by atoms with Crippen LogP contribution in [0.25, 0.3) is 0 Å². The van der Waals surface area contributed by atoms with Crippen LogP contribution in [0.1, 0.15) is 5.56 Å². The van der Waals surface area contributed by atoms with Crippen molar-refractivity contribution in [3.8, 4) is 5.75 Å². The van der Waals surface area contributed by atoms with Crippen molar-refractivity contribution >= 4 is 23.3 Å². The van der Waals surface area contributed by atoms with Crippen molar-refractivity contribution < 1.29 is 14.3 Å². The van der Waals surface area contributed by atoms with Gasteiger partial charge in [-0.15, -0.1) is 0 Å². The smallest absolute Gasteiger partial charge is 0.316 e. The molecule has 0 fully saturated rings. The Morgan fingerprint density at radius 2 is 1.64 bits per heavy atom. The normalized spacial score (nSPS) is 15.5. The van der Waals surface area contributed by atoms with E-state index < -0.39 is 12.1 Å². The third-order valence-corrected chi connectivity index (χ3v) is 3.36. The summed E-state index contributed by atoms with van der Waals surface area (Å²) in [5.74, 6) is 0.551. The molecule has 1 aliphatic rings. The maximum atomic E-state index is 12.2. The summed E-state index contributed by atoms with van der Waals surface area (Å²) < 4.78 is 5.63. The van der Waals surface area contributed by atoms with Crippen molar-refractivity contribution in [3.63, 3.8) is 0 Å². The number of nitrogens with two attached hydrogens (primary N) is 1. The van der Waals surface area contributed by atoms with Crippen molar-refractivity contribution in [3.05, 3.63) is 54.1 Å². The van der Waals surface area contributed by atoms with Crippen LogP contribution >= 0.6 is 0 Å². The summed E-state index contributed by atoms with van der Waals surface area (Å²) in [7, 11) is 0. The predicted octanol–water partition coefficient (Wildman–Crippen LogP) is 2.12. The molecule has 6 heteroatoms. The summed E-state index contributed by atoms with van der Waals surface area (Å²) in [6, 6.07) is 13.7. The molecule has 0 saturated heterocycles. The van der Waals surface area contributed by atoms with Crippen LogP contribution in [0, 0.1) is 0 Å². The molecule has 0 saturated carbocycles. The molecule has 3 rings (SSSR count). The monoisotopic (exact) mass is 297 g/mol. The van der Waals surface area contributed by atoms with Gasteiger partial charge >= 0.3 is 6.03 Å². The third kappa shape index (κ3) is 3.01. The molecule has 0 radical (unpaired) electrons. The molecule has 2 aromatic rings. The Kier molecular flexibility index (Phi) is 3.65. The summed E-state index contributed by atoms with van der Waals surface area (Å²) in [6.07, 6.45) is 0.0318. The SMILES string of the molecule is NC(=O)Nc1ccc(NC(=O)C2Cc3ccccc3O2)cc1. The number of amides is 3. The fourth-order valence-electron chi connectivity index (χ4n) is 2.33.